The van der Waals surface area contributed by atoms with Gasteiger partial charge in [-0.25, -0.2) is 4.98 Å². The van der Waals surface area contributed by atoms with Gasteiger partial charge >= 0.3 is 0 Å². The maximum atomic E-state index is 13.9. The van der Waals surface area contributed by atoms with E-state index >= 15 is 0 Å². The first-order valence-electron chi connectivity index (χ1n) is 14.4. The van der Waals surface area contributed by atoms with E-state index in [4.69, 9.17) is 19.6 Å². The van der Waals surface area contributed by atoms with E-state index in [-0.39, 0.29) is 11.5 Å². The van der Waals surface area contributed by atoms with E-state index in [9.17, 15) is 4.79 Å². The number of ether oxygens (including phenoxy) is 2. The number of aryl methyl sites for hydroxylation is 2. The molecule has 0 amide bonds. The van der Waals surface area contributed by atoms with Gasteiger partial charge in [0.1, 0.15) is 18.1 Å². The van der Waals surface area contributed by atoms with Crippen LogP contribution in [-0.4, -0.2) is 37.1 Å². The van der Waals surface area contributed by atoms with Crippen LogP contribution in [-0.2, 0) is 6.61 Å². The summed E-state index contributed by atoms with van der Waals surface area (Å²) in [5.74, 6) is 2.16. The third kappa shape index (κ3) is 6.31. The molecule has 0 radical (unpaired) electrons. The molecule has 0 fully saturated rings. The number of hydrogen-bond acceptors (Lipinski definition) is 6. The van der Waals surface area contributed by atoms with Gasteiger partial charge in [-0.05, 0) is 72.9 Å². The summed E-state index contributed by atoms with van der Waals surface area (Å²) in [7, 11) is 5.65. The number of anilines is 1. The first-order valence-corrected chi connectivity index (χ1v) is 14.4. The Labute approximate surface area is 253 Å². The van der Waals surface area contributed by atoms with E-state index in [1.54, 1.807) is 19.4 Å². The number of methoxy groups -OCH3 is 1. The van der Waals surface area contributed by atoms with Crippen LogP contribution in [0.1, 0.15) is 47.6 Å². The van der Waals surface area contributed by atoms with Crippen molar-refractivity contribution >= 4 is 22.8 Å². The molecule has 0 aliphatic heterocycles. The van der Waals surface area contributed by atoms with Gasteiger partial charge in [-0.3, -0.25) is 4.79 Å². The molecular formula is C36H38N4O3. The fourth-order valence-electron chi connectivity index (χ4n) is 5.09. The summed E-state index contributed by atoms with van der Waals surface area (Å²) >= 11 is 0. The molecule has 4 aromatic carbocycles. The van der Waals surface area contributed by atoms with Crippen molar-refractivity contribution in [2.75, 3.05) is 26.1 Å². The average Bonchev–Trinajstić information content (AvgIpc) is 2.99. The minimum Gasteiger partial charge on any atom is -0.496 e. The molecule has 1 heterocycles. The van der Waals surface area contributed by atoms with Crippen LogP contribution in [0, 0.1) is 13.8 Å². The van der Waals surface area contributed by atoms with Crippen LogP contribution in [0.25, 0.3) is 22.3 Å². The van der Waals surface area contributed by atoms with Crippen LogP contribution in [0.4, 0.5) is 5.69 Å². The average molecular weight is 575 g/mol. The largest absolute Gasteiger partial charge is 0.496 e. The topological polar surface area (TPSA) is 69.0 Å². The Morgan fingerprint density at radius 2 is 1.74 bits per heavy atom. The van der Waals surface area contributed by atoms with Crippen molar-refractivity contribution in [1.29, 1.82) is 0 Å². The van der Waals surface area contributed by atoms with Gasteiger partial charge in [0.15, 0.2) is 5.82 Å². The van der Waals surface area contributed by atoms with E-state index in [1.807, 2.05) is 80.5 Å². The lowest BCUT2D eigenvalue weighted by molar-refractivity contribution is 0.306. The summed E-state index contributed by atoms with van der Waals surface area (Å²) < 4.78 is 13.4. The van der Waals surface area contributed by atoms with E-state index in [2.05, 4.69) is 39.0 Å². The van der Waals surface area contributed by atoms with Crippen molar-refractivity contribution in [3.05, 3.63) is 117 Å². The number of para-hydroxylation sites is 1. The van der Waals surface area contributed by atoms with Gasteiger partial charge < -0.3 is 14.4 Å². The normalized spacial score (nSPS) is 11.4. The Bertz CT molecular complexity index is 1870. The van der Waals surface area contributed by atoms with Gasteiger partial charge in [-0.15, -0.1) is 0 Å². The minimum atomic E-state index is -0.245. The quantitative estimate of drug-likeness (QED) is 0.172. The summed E-state index contributed by atoms with van der Waals surface area (Å²) in [6.45, 7) is 8.70. The third-order valence-corrected chi connectivity index (χ3v) is 7.50. The van der Waals surface area contributed by atoms with Crippen LogP contribution in [0.2, 0.25) is 0 Å². The van der Waals surface area contributed by atoms with Crippen LogP contribution >= 0.6 is 0 Å². The highest BCUT2D eigenvalue weighted by Crippen LogP contribution is 2.34. The molecule has 7 heteroatoms. The van der Waals surface area contributed by atoms with Gasteiger partial charge in [0.05, 0.1) is 24.2 Å². The number of rotatable bonds is 9. The number of aromatic nitrogens is 2. The lowest BCUT2D eigenvalue weighted by Crippen LogP contribution is -2.21. The second kappa shape index (κ2) is 12.5. The molecular weight excluding hydrogens is 536 g/mol. The SMILES string of the molecule is COc1cc(C)c(-c2nc3ccccc3c(=O)n2N=Cc2ccc(N(C)C)cc2OCc2cccc(C)c2)cc1C(C)C. The maximum absolute atomic E-state index is 13.9. The van der Waals surface area contributed by atoms with Crippen LogP contribution in [0.3, 0.4) is 0 Å². The van der Waals surface area contributed by atoms with E-state index in [0.29, 0.717) is 29.1 Å². The van der Waals surface area contributed by atoms with Crippen LogP contribution in [0.15, 0.2) is 88.8 Å². The molecule has 43 heavy (non-hydrogen) atoms. The molecule has 0 unspecified atom stereocenters. The molecule has 0 spiro atoms. The lowest BCUT2D eigenvalue weighted by Gasteiger charge is -2.18. The van der Waals surface area contributed by atoms with Crippen molar-refractivity contribution in [3.63, 3.8) is 0 Å². The van der Waals surface area contributed by atoms with Gasteiger partial charge in [0, 0.05) is 37.0 Å². The van der Waals surface area contributed by atoms with Crippen molar-refractivity contribution in [2.45, 2.75) is 40.2 Å². The smallest absolute Gasteiger partial charge is 0.282 e. The van der Waals surface area contributed by atoms with Gasteiger partial charge in [0.2, 0.25) is 0 Å². The monoisotopic (exact) mass is 574 g/mol. The molecule has 0 saturated carbocycles. The fraction of sp³-hybridized carbons (Fsp3) is 0.250. The Balaban J connectivity index is 1.65. The van der Waals surface area contributed by atoms with E-state index < -0.39 is 0 Å². The standard InChI is InChI=1S/C36H38N4O3/c1-23(2)30-20-31(25(4)18-34(30)42-7)35-38-32-14-9-8-13-29(32)36(41)40(35)37-21-27-15-16-28(39(5)6)19-33(27)43-22-26-12-10-11-24(3)17-26/h8-21,23H,22H2,1-7H3. The zero-order valence-electron chi connectivity index (χ0n) is 25.9. The van der Waals surface area contributed by atoms with E-state index in [0.717, 1.165) is 39.3 Å². The first kappa shape index (κ1) is 29.6. The van der Waals surface area contributed by atoms with Crippen molar-refractivity contribution in [3.8, 4) is 22.9 Å². The zero-order chi connectivity index (χ0) is 30.7. The Hall–Kier alpha value is -4.91. The lowest BCUT2D eigenvalue weighted by atomic mass is 9.96. The van der Waals surface area contributed by atoms with Crippen molar-refractivity contribution < 1.29 is 9.47 Å². The predicted molar refractivity (Wildman–Crippen MR) is 176 cm³/mol. The predicted octanol–water partition coefficient (Wildman–Crippen LogP) is 7.34. The summed E-state index contributed by atoms with van der Waals surface area (Å²) in [5.41, 5.74) is 7.16. The first-order chi connectivity index (χ1) is 20.7. The second-order valence-electron chi connectivity index (χ2n) is 11.3. The van der Waals surface area contributed by atoms with Gasteiger partial charge in [0.25, 0.3) is 5.56 Å². The number of benzene rings is 4. The Kier molecular flexibility index (Phi) is 8.62. The molecule has 0 saturated heterocycles. The summed E-state index contributed by atoms with van der Waals surface area (Å²) in [6.07, 6.45) is 1.68. The molecule has 220 valence electrons. The summed E-state index contributed by atoms with van der Waals surface area (Å²) in [6, 6.07) is 25.6. The number of nitrogens with zero attached hydrogens (tertiary/aromatic N) is 4. The van der Waals surface area contributed by atoms with Crippen LogP contribution in [0.5, 0.6) is 11.5 Å². The maximum Gasteiger partial charge on any atom is 0.282 e. The van der Waals surface area contributed by atoms with Crippen molar-refractivity contribution in [2.24, 2.45) is 5.10 Å². The summed E-state index contributed by atoms with van der Waals surface area (Å²) in [4.78, 5) is 20.9. The molecule has 5 aromatic rings. The van der Waals surface area contributed by atoms with Gasteiger partial charge in [-0.2, -0.15) is 9.78 Å². The molecule has 0 aliphatic rings. The van der Waals surface area contributed by atoms with E-state index in [1.165, 1.54) is 10.2 Å². The molecule has 0 N–H and O–H groups in total. The number of fused-ring (bicyclic) bond motifs is 1. The molecule has 0 atom stereocenters. The van der Waals surface area contributed by atoms with Crippen LogP contribution < -0.4 is 19.9 Å². The summed E-state index contributed by atoms with van der Waals surface area (Å²) in [5, 5.41) is 5.25. The molecule has 1 aromatic heterocycles. The number of hydrogen-bond donors (Lipinski definition) is 0. The van der Waals surface area contributed by atoms with Crippen molar-refractivity contribution in [1.82, 2.24) is 9.66 Å². The molecule has 7 nitrogen and oxygen atoms in total. The third-order valence-electron chi connectivity index (χ3n) is 7.50. The highest BCUT2D eigenvalue weighted by atomic mass is 16.5. The second-order valence-corrected chi connectivity index (χ2v) is 11.3. The highest BCUT2D eigenvalue weighted by molar-refractivity contribution is 5.85. The molecule has 0 aliphatic carbocycles. The molecule has 0 bridgehead atoms. The minimum absolute atomic E-state index is 0.210. The fourth-order valence-corrected chi connectivity index (χ4v) is 5.09. The zero-order valence-corrected chi connectivity index (χ0v) is 25.9. The molecule has 5 rings (SSSR count). The Morgan fingerprint density at radius 3 is 2.47 bits per heavy atom. The highest BCUT2D eigenvalue weighted by Gasteiger charge is 2.18. The van der Waals surface area contributed by atoms with Gasteiger partial charge in [-0.1, -0.05) is 55.8 Å². The Morgan fingerprint density at radius 1 is 0.953 bits per heavy atom.